The van der Waals surface area contributed by atoms with Crippen molar-refractivity contribution in [3.63, 3.8) is 0 Å². The molecule has 0 saturated carbocycles. The Morgan fingerprint density at radius 2 is 1.85 bits per heavy atom. The summed E-state index contributed by atoms with van der Waals surface area (Å²) >= 11 is 0. The molecule has 0 aliphatic carbocycles. The van der Waals surface area contributed by atoms with Gasteiger partial charge in [-0.05, 0) is 13.0 Å². The van der Waals surface area contributed by atoms with Crippen molar-refractivity contribution in [1.29, 1.82) is 0 Å². The van der Waals surface area contributed by atoms with Crippen LogP contribution in [-0.2, 0) is 29.0 Å². The third kappa shape index (κ3) is 4.72. The number of nitrogens with one attached hydrogen (secondary N) is 1. The van der Waals surface area contributed by atoms with Crippen LogP contribution in [-0.4, -0.2) is 41.1 Å². The minimum Gasteiger partial charge on any atom is -0.435 e. The van der Waals surface area contributed by atoms with Crippen molar-refractivity contribution in [1.82, 2.24) is 19.0 Å². The molecule has 40 heavy (non-hydrogen) atoms. The highest BCUT2D eigenvalue weighted by molar-refractivity contribution is 7.89. The summed E-state index contributed by atoms with van der Waals surface area (Å²) in [5, 5.41) is 3.53. The average molecular weight is 594 g/mol. The van der Waals surface area contributed by atoms with E-state index < -0.39 is 93.2 Å². The van der Waals surface area contributed by atoms with Gasteiger partial charge in [0.2, 0.25) is 10.0 Å². The topological polar surface area (TPSA) is 108 Å². The largest absolute Gasteiger partial charge is 0.435 e. The van der Waals surface area contributed by atoms with E-state index in [1.165, 1.54) is 6.92 Å². The van der Waals surface area contributed by atoms with Gasteiger partial charge in [0, 0.05) is 30.0 Å². The third-order valence-corrected chi connectivity index (χ3v) is 7.74. The number of hydrogen-bond donors (Lipinski definition) is 1. The quantitative estimate of drug-likeness (QED) is 0.310. The van der Waals surface area contributed by atoms with Gasteiger partial charge in [0.25, 0.3) is 0 Å². The first-order valence-corrected chi connectivity index (χ1v) is 13.1. The molecule has 1 aliphatic heterocycles. The lowest BCUT2D eigenvalue weighted by molar-refractivity contribution is -0.0497. The highest BCUT2D eigenvalue weighted by atomic mass is 32.2. The van der Waals surface area contributed by atoms with Crippen molar-refractivity contribution in [3.05, 3.63) is 69.8 Å². The van der Waals surface area contributed by atoms with Crippen LogP contribution in [0.5, 0.6) is 5.75 Å². The Hall–Kier alpha value is -3.86. The number of halogens is 7. The number of benzene rings is 2. The molecule has 0 fully saturated rings. The van der Waals surface area contributed by atoms with Crippen LogP contribution in [0, 0.1) is 17.5 Å². The SMILES string of the molecule is CCS(=O)(=O)N[C@@H]1Cn2c(cn(Cc3noc4cc(OC(F)F)cc(-c5c(F)cc(F)cc5F)c34)c2=O)C1(F)F. The van der Waals surface area contributed by atoms with Crippen molar-refractivity contribution < 1.29 is 48.4 Å². The molecule has 1 aliphatic rings. The van der Waals surface area contributed by atoms with E-state index in [4.69, 9.17) is 4.52 Å². The van der Waals surface area contributed by atoms with Crippen LogP contribution in [0.3, 0.4) is 0 Å². The number of rotatable bonds is 8. The van der Waals surface area contributed by atoms with Crippen molar-refractivity contribution in [2.75, 3.05) is 5.75 Å². The minimum absolute atomic E-state index is 0.190. The van der Waals surface area contributed by atoms with Crippen molar-refractivity contribution in [2.45, 2.75) is 38.6 Å². The standard InChI is InChI=1S/C23H17F7N4O5S/c1-2-40(36,37)32-17-8-34-18(23(17,29)30)9-33(22(34)35)7-15-20-12(19-13(25)3-10(24)4-14(19)26)5-11(38-21(27)28)6-16(20)39-31-15/h3-6,9,17,21,32H,2,7-8H2,1H3/t17-/m1/s1. The fraction of sp³-hybridized carbons (Fsp3) is 0.304. The number of alkyl halides is 4. The van der Waals surface area contributed by atoms with Crippen molar-refractivity contribution in [2.24, 2.45) is 0 Å². The van der Waals surface area contributed by atoms with Gasteiger partial charge in [0.05, 0.1) is 29.8 Å². The van der Waals surface area contributed by atoms with Crippen LogP contribution in [0.1, 0.15) is 18.3 Å². The monoisotopic (exact) mass is 594 g/mol. The van der Waals surface area contributed by atoms with E-state index in [0.717, 1.165) is 22.9 Å². The maximum Gasteiger partial charge on any atom is 0.387 e. The Morgan fingerprint density at radius 3 is 2.45 bits per heavy atom. The molecule has 2 aromatic carbocycles. The lowest BCUT2D eigenvalue weighted by Gasteiger charge is -2.19. The van der Waals surface area contributed by atoms with Crippen molar-refractivity contribution >= 4 is 21.0 Å². The molecule has 1 N–H and O–H groups in total. The highest BCUT2D eigenvalue weighted by Crippen LogP contribution is 2.40. The highest BCUT2D eigenvalue weighted by Gasteiger charge is 2.52. The van der Waals surface area contributed by atoms with Crippen LogP contribution in [0.2, 0.25) is 0 Å². The second-order valence-corrected chi connectivity index (χ2v) is 10.9. The summed E-state index contributed by atoms with van der Waals surface area (Å²) in [6.07, 6.45) is 0.774. The average Bonchev–Trinajstić information content (AvgIpc) is 3.46. The number of hydrogen-bond acceptors (Lipinski definition) is 6. The molecular weight excluding hydrogens is 577 g/mol. The summed E-state index contributed by atoms with van der Waals surface area (Å²) in [5.41, 5.74) is -3.60. The van der Waals surface area contributed by atoms with Gasteiger partial charge in [-0.2, -0.15) is 17.6 Å². The number of sulfonamides is 1. The lowest BCUT2D eigenvalue weighted by Crippen LogP contribution is -2.45. The van der Waals surface area contributed by atoms with Gasteiger partial charge in [0.15, 0.2) is 5.58 Å². The van der Waals surface area contributed by atoms with E-state index in [1.807, 2.05) is 4.72 Å². The number of imidazole rings is 1. The van der Waals surface area contributed by atoms with E-state index >= 15 is 8.78 Å². The third-order valence-electron chi connectivity index (χ3n) is 6.33. The summed E-state index contributed by atoms with van der Waals surface area (Å²) in [7, 11) is -4.03. The Labute approximate surface area is 219 Å². The predicted molar refractivity (Wildman–Crippen MR) is 124 cm³/mol. The van der Waals surface area contributed by atoms with Gasteiger partial charge < -0.3 is 9.26 Å². The molecule has 17 heteroatoms. The first-order chi connectivity index (χ1) is 18.7. The maximum absolute atomic E-state index is 15.0. The summed E-state index contributed by atoms with van der Waals surface area (Å²) in [5.74, 6) is -8.87. The first kappa shape index (κ1) is 27.7. The molecule has 0 saturated heterocycles. The van der Waals surface area contributed by atoms with Crippen LogP contribution in [0.15, 0.2) is 39.8 Å². The zero-order valence-electron chi connectivity index (χ0n) is 20.1. The van der Waals surface area contributed by atoms with E-state index in [9.17, 15) is 35.2 Å². The molecule has 9 nitrogen and oxygen atoms in total. The molecule has 0 spiro atoms. The number of aromatic nitrogens is 3. The predicted octanol–water partition coefficient (Wildman–Crippen LogP) is 3.94. The smallest absolute Gasteiger partial charge is 0.387 e. The zero-order valence-corrected chi connectivity index (χ0v) is 20.9. The number of fused-ring (bicyclic) bond motifs is 2. The van der Waals surface area contributed by atoms with Crippen LogP contribution in [0.4, 0.5) is 30.7 Å². The van der Waals surface area contributed by atoms with Gasteiger partial charge >= 0.3 is 18.2 Å². The number of ether oxygens (including phenoxy) is 1. The first-order valence-electron chi connectivity index (χ1n) is 11.4. The number of nitrogens with zero attached hydrogens (tertiary/aromatic N) is 3. The van der Waals surface area contributed by atoms with E-state index in [1.54, 1.807) is 0 Å². The van der Waals surface area contributed by atoms with E-state index in [0.29, 0.717) is 16.7 Å². The molecule has 0 radical (unpaired) electrons. The zero-order chi connectivity index (χ0) is 29.1. The van der Waals surface area contributed by atoms with Gasteiger partial charge in [-0.15, -0.1) is 0 Å². The van der Waals surface area contributed by atoms with Gasteiger partial charge in [-0.1, -0.05) is 5.16 Å². The maximum atomic E-state index is 15.0. The molecule has 2 aromatic heterocycles. The second-order valence-electron chi connectivity index (χ2n) is 8.83. The second kappa shape index (κ2) is 9.65. The fourth-order valence-electron chi connectivity index (χ4n) is 4.52. The van der Waals surface area contributed by atoms with Crippen LogP contribution < -0.4 is 15.1 Å². The summed E-state index contributed by atoms with van der Waals surface area (Å²) in [6, 6.07) is 0.558. The molecule has 5 rings (SSSR count). The molecule has 0 unspecified atom stereocenters. The van der Waals surface area contributed by atoms with Gasteiger partial charge in [-0.25, -0.2) is 31.1 Å². The normalized spacial score (nSPS) is 16.7. The Morgan fingerprint density at radius 1 is 1.18 bits per heavy atom. The molecule has 0 amide bonds. The molecular formula is C23H17F7N4O5S. The van der Waals surface area contributed by atoms with E-state index in [-0.39, 0.29) is 16.7 Å². The van der Waals surface area contributed by atoms with E-state index in [2.05, 4.69) is 9.89 Å². The Balaban J connectivity index is 1.60. The van der Waals surface area contributed by atoms with Crippen LogP contribution >= 0.6 is 0 Å². The molecule has 4 aromatic rings. The summed E-state index contributed by atoms with van der Waals surface area (Å²) in [6.45, 7) is -3.34. The minimum atomic E-state index is -4.03. The molecule has 0 bridgehead atoms. The van der Waals surface area contributed by atoms with Crippen molar-refractivity contribution in [3.8, 4) is 16.9 Å². The molecule has 3 heterocycles. The fourth-order valence-corrected chi connectivity index (χ4v) is 5.34. The Kier molecular flexibility index (Phi) is 6.68. The molecule has 214 valence electrons. The Bertz CT molecular complexity index is 1780. The molecule has 1 atom stereocenters. The van der Waals surface area contributed by atoms with Gasteiger partial charge in [0.1, 0.15) is 40.6 Å². The summed E-state index contributed by atoms with van der Waals surface area (Å²) in [4.78, 5) is 13.0. The van der Waals surface area contributed by atoms with Crippen LogP contribution in [0.25, 0.3) is 22.1 Å². The van der Waals surface area contributed by atoms with Gasteiger partial charge in [-0.3, -0.25) is 9.13 Å². The lowest BCUT2D eigenvalue weighted by atomic mass is 9.98. The summed E-state index contributed by atoms with van der Waals surface area (Å²) < 4.78 is 135.